The monoisotopic (exact) mass is 256 g/mol. The van der Waals surface area contributed by atoms with Gasteiger partial charge in [-0.2, -0.15) is 11.8 Å². The van der Waals surface area contributed by atoms with Gasteiger partial charge in [0, 0.05) is 5.02 Å². The van der Waals surface area contributed by atoms with Gasteiger partial charge >= 0.3 is 0 Å². The number of thioether (sulfide) groups is 1. The quantitative estimate of drug-likeness (QED) is 0.863. The van der Waals surface area contributed by atoms with Gasteiger partial charge in [0.25, 0.3) is 0 Å². The lowest BCUT2D eigenvalue weighted by molar-refractivity contribution is 0.199. The molecule has 16 heavy (non-hydrogen) atoms. The van der Waals surface area contributed by atoms with Crippen LogP contribution in [0.3, 0.4) is 0 Å². The lowest BCUT2D eigenvalue weighted by Crippen LogP contribution is -2.08. The van der Waals surface area contributed by atoms with Crippen molar-refractivity contribution in [2.45, 2.75) is 31.8 Å². The highest BCUT2D eigenvalue weighted by molar-refractivity contribution is 7.99. The van der Waals surface area contributed by atoms with Gasteiger partial charge in [-0.05, 0) is 54.4 Å². The largest absolute Gasteiger partial charge is 0.389 e. The highest BCUT2D eigenvalue weighted by atomic mass is 35.5. The minimum atomic E-state index is -0.437. The van der Waals surface area contributed by atoms with Crippen molar-refractivity contribution in [3.63, 3.8) is 0 Å². The Kier molecular flexibility index (Phi) is 4.17. The predicted molar refractivity (Wildman–Crippen MR) is 71.4 cm³/mol. The molecule has 1 aromatic carbocycles. The van der Waals surface area contributed by atoms with Crippen molar-refractivity contribution >= 4 is 23.4 Å². The molecule has 1 unspecified atom stereocenters. The molecule has 1 fully saturated rings. The number of benzene rings is 1. The lowest BCUT2D eigenvalue weighted by atomic mass is 9.92. The van der Waals surface area contributed by atoms with Gasteiger partial charge in [-0.3, -0.25) is 0 Å². The third kappa shape index (κ3) is 2.73. The predicted octanol–water partition coefficient (Wildman–Crippen LogP) is 4.00. The third-order valence-electron chi connectivity index (χ3n) is 3.17. The van der Waals surface area contributed by atoms with Gasteiger partial charge < -0.3 is 5.11 Å². The summed E-state index contributed by atoms with van der Waals surface area (Å²) < 4.78 is 0. The zero-order chi connectivity index (χ0) is 11.5. The molecule has 1 N–H and O–H groups in total. The van der Waals surface area contributed by atoms with E-state index in [1.807, 2.05) is 23.9 Å². The van der Waals surface area contributed by atoms with Crippen molar-refractivity contribution in [3.05, 3.63) is 34.3 Å². The molecule has 88 valence electrons. The maximum Gasteiger partial charge on any atom is 0.0762 e. The summed E-state index contributed by atoms with van der Waals surface area (Å²) in [6.07, 6.45) is 2.00. The fourth-order valence-electron chi connectivity index (χ4n) is 2.14. The van der Waals surface area contributed by atoms with E-state index in [1.54, 1.807) is 6.92 Å². The second-order valence-corrected chi connectivity index (χ2v) is 5.98. The maximum absolute atomic E-state index is 9.49. The number of aliphatic hydroxyl groups is 1. The van der Waals surface area contributed by atoms with Gasteiger partial charge in [0.15, 0.2) is 0 Å². The Morgan fingerprint density at radius 1 is 1.38 bits per heavy atom. The molecule has 0 saturated carbocycles. The summed E-state index contributed by atoms with van der Waals surface area (Å²) in [5.74, 6) is 3.08. The zero-order valence-corrected chi connectivity index (χ0v) is 11.0. The standard InChI is InChI=1S/C13H17ClOS/c1-9(15)11-2-3-12(13(14)8-11)10-4-6-16-7-5-10/h2-3,8-10,15H,4-7H2,1H3. The Bertz CT molecular complexity index is 359. The second-order valence-electron chi connectivity index (χ2n) is 4.34. The summed E-state index contributed by atoms with van der Waals surface area (Å²) >= 11 is 8.31. The van der Waals surface area contributed by atoms with Crippen LogP contribution in [-0.4, -0.2) is 16.6 Å². The molecule has 1 nitrogen and oxygen atoms in total. The molecular weight excluding hydrogens is 240 g/mol. The molecule has 1 heterocycles. The zero-order valence-electron chi connectivity index (χ0n) is 9.45. The minimum absolute atomic E-state index is 0.437. The van der Waals surface area contributed by atoms with E-state index in [2.05, 4.69) is 6.07 Å². The molecule has 1 saturated heterocycles. The van der Waals surface area contributed by atoms with Crippen LogP contribution < -0.4 is 0 Å². The molecule has 0 spiro atoms. The second kappa shape index (κ2) is 5.44. The van der Waals surface area contributed by atoms with Crippen LogP contribution in [0.1, 0.15) is 42.9 Å². The molecule has 1 atom stereocenters. The van der Waals surface area contributed by atoms with Crippen LogP contribution in [0.2, 0.25) is 5.02 Å². The van der Waals surface area contributed by atoms with E-state index >= 15 is 0 Å². The first-order valence-corrected chi connectivity index (χ1v) is 7.27. The van der Waals surface area contributed by atoms with E-state index in [1.165, 1.54) is 29.9 Å². The molecule has 0 aliphatic carbocycles. The van der Waals surface area contributed by atoms with Gasteiger partial charge in [-0.1, -0.05) is 23.7 Å². The lowest BCUT2D eigenvalue weighted by Gasteiger charge is -2.23. The normalized spacial score (nSPS) is 19.7. The Morgan fingerprint density at radius 2 is 2.06 bits per heavy atom. The van der Waals surface area contributed by atoms with Crippen LogP contribution >= 0.6 is 23.4 Å². The summed E-state index contributed by atoms with van der Waals surface area (Å²) in [6.45, 7) is 1.77. The van der Waals surface area contributed by atoms with E-state index in [0.29, 0.717) is 5.92 Å². The first-order valence-electron chi connectivity index (χ1n) is 5.73. The van der Waals surface area contributed by atoms with Crippen molar-refractivity contribution in [1.82, 2.24) is 0 Å². The van der Waals surface area contributed by atoms with Crippen molar-refractivity contribution in [3.8, 4) is 0 Å². The van der Waals surface area contributed by atoms with E-state index in [9.17, 15) is 5.11 Å². The average Bonchev–Trinajstić information content (AvgIpc) is 2.30. The number of rotatable bonds is 2. The topological polar surface area (TPSA) is 20.2 Å². The molecule has 2 rings (SSSR count). The molecular formula is C13H17ClOS. The van der Waals surface area contributed by atoms with Gasteiger partial charge in [-0.15, -0.1) is 0 Å². The van der Waals surface area contributed by atoms with Crippen molar-refractivity contribution in [1.29, 1.82) is 0 Å². The van der Waals surface area contributed by atoms with E-state index in [0.717, 1.165) is 10.6 Å². The van der Waals surface area contributed by atoms with Crippen LogP contribution in [0.15, 0.2) is 18.2 Å². The summed E-state index contributed by atoms with van der Waals surface area (Å²) in [5, 5.41) is 10.3. The molecule has 0 amide bonds. The summed E-state index contributed by atoms with van der Waals surface area (Å²) in [5.41, 5.74) is 2.16. The first kappa shape index (κ1) is 12.3. The van der Waals surface area contributed by atoms with Crippen LogP contribution in [0, 0.1) is 0 Å². The average molecular weight is 257 g/mol. The highest BCUT2D eigenvalue weighted by Gasteiger charge is 2.18. The number of hydrogen-bond acceptors (Lipinski definition) is 2. The molecule has 1 aliphatic heterocycles. The van der Waals surface area contributed by atoms with Gasteiger partial charge in [0.05, 0.1) is 6.10 Å². The Morgan fingerprint density at radius 3 is 2.62 bits per heavy atom. The van der Waals surface area contributed by atoms with E-state index in [4.69, 9.17) is 11.6 Å². The minimum Gasteiger partial charge on any atom is -0.389 e. The van der Waals surface area contributed by atoms with Crippen LogP contribution in [-0.2, 0) is 0 Å². The van der Waals surface area contributed by atoms with Gasteiger partial charge in [0.2, 0.25) is 0 Å². The van der Waals surface area contributed by atoms with Crippen LogP contribution in [0.5, 0.6) is 0 Å². The molecule has 1 aliphatic rings. The first-order chi connectivity index (χ1) is 7.68. The molecule has 0 radical (unpaired) electrons. The van der Waals surface area contributed by atoms with Crippen molar-refractivity contribution < 1.29 is 5.11 Å². The number of hydrogen-bond donors (Lipinski definition) is 1. The van der Waals surface area contributed by atoms with Crippen LogP contribution in [0.4, 0.5) is 0 Å². The fourth-order valence-corrected chi connectivity index (χ4v) is 3.59. The van der Waals surface area contributed by atoms with Crippen molar-refractivity contribution in [2.75, 3.05) is 11.5 Å². The van der Waals surface area contributed by atoms with Gasteiger partial charge in [0.1, 0.15) is 0 Å². The molecule has 0 bridgehead atoms. The van der Waals surface area contributed by atoms with Crippen molar-refractivity contribution in [2.24, 2.45) is 0 Å². The van der Waals surface area contributed by atoms with E-state index < -0.39 is 6.10 Å². The SMILES string of the molecule is CC(O)c1ccc(C2CCSCC2)c(Cl)c1. The molecule has 0 aromatic heterocycles. The Hall–Kier alpha value is -0.180. The molecule has 1 aromatic rings. The highest BCUT2D eigenvalue weighted by Crippen LogP contribution is 2.36. The summed E-state index contributed by atoms with van der Waals surface area (Å²) in [4.78, 5) is 0. The van der Waals surface area contributed by atoms with Crippen LogP contribution in [0.25, 0.3) is 0 Å². The third-order valence-corrected chi connectivity index (χ3v) is 4.54. The van der Waals surface area contributed by atoms with Gasteiger partial charge in [-0.25, -0.2) is 0 Å². The molecule has 3 heteroatoms. The maximum atomic E-state index is 9.49. The Labute approximate surface area is 106 Å². The number of halogens is 1. The smallest absolute Gasteiger partial charge is 0.0762 e. The Balaban J connectivity index is 2.21. The number of aliphatic hydroxyl groups excluding tert-OH is 1. The van der Waals surface area contributed by atoms with E-state index in [-0.39, 0.29) is 0 Å². The summed E-state index contributed by atoms with van der Waals surface area (Å²) in [7, 11) is 0. The summed E-state index contributed by atoms with van der Waals surface area (Å²) in [6, 6.07) is 5.99. The fraction of sp³-hybridized carbons (Fsp3) is 0.538.